The second kappa shape index (κ2) is 6.74. The third-order valence-electron chi connectivity index (χ3n) is 4.86. The number of nitrogens with zero attached hydrogens (tertiary/aromatic N) is 1. The van der Waals surface area contributed by atoms with Crippen LogP contribution in [0.2, 0.25) is 5.02 Å². The summed E-state index contributed by atoms with van der Waals surface area (Å²) in [5.41, 5.74) is 3.07. The van der Waals surface area contributed by atoms with Crippen molar-refractivity contribution in [1.82, 2.24) is 0 Å². The van der Waals surface area contributed by atoms with Gasteiger partial charge in [0.25, 0.3) is 0 Å². The molecule has 1 fully saturated rings. The summed E-state index contributed by atoms with van der Waals surface area (Å²) in [6, 6.07) is 13.1. The van der Waals surface area contributed by atoms with E-state index < -0.39 is 5.92 Å². The van der Waals surface area contributed by atoms with E-state index in [1.165, 1.54) is 0 Å². The number of benzene rings is 2. The minimum atomic E-state index is -0.405. The molecule has 6 heteroatoms. The highest BCUT2D eigenvalue weighted by atomic mass is 35.5. The molecule has 0 unspecified atom stereocenters. The van der Waals surface area contributed by atoms with E-state index in [9.17, 15) is 9.59 Å². The molecule has 0 spiro atoms. The summed E-state index contributed by atoms with van der Waals surface area (Å²) in [6.07, 6.45) is 0.195. The number of fused-ring (bicyclic) bond motifs is 1. The molecule has 1 atom stereocenters. The van der Waals surface area contributed by atoms with Crippen molar-refractivity contribution >= 4 is 45.8 Å². The number of anilines is 2. The first-order valence-corrected chi connectivity index (χ1v) is 9.17. The number of aryl methyl sites for hydroxylation is 2. The Balaban J connectivity index is 1.52. The van der Waals surface area contributed by atoms with Crippen LogP contribution in [0.4, 0.5) is 11.4 Å². The van der Waals surface area contributed by atoms with Crippen LogP contribution in [0.5, 0.6) is 0 Å². The zero-order valence-electron chi connectivity index (χ0n) is 15.1. The molecule has 1 saturated heterocycles. The maximum atomic E-state index is 12.7. The van der Waals surface area contributed by atoms with Crippen molar-refractivity contribution in [1.29, 1.82) is 0 Å². The van der Waals surface area contributed by atoms with Crippen LogP contribution in [-0.4, -0.2) is 18.4 Å². The molecular formula is C21H19ClN2O3. The third kappa shape index (κ3) is 3.30. The third-order valence-corrected chi connectivity index (χ3v) is 5.14. The number of furan rings is 1. The molecule has 0 aliphatic carbocycles. The molecule has 4 rings (SSSR count). The molecule has 2 aromatic carbocycles. The van der Waals surface area contributed by atoms with E-state index in [1.54, 1.807) is 11.0 Å². The second-order valence-electron chi connectivity index (χ2n) is 6.91. The lowest BCUT2D eigenvalue weighted by Gasteiger charge is -2.19. The summed E-state index contributed by atoms with van der Waals surface area (Å²) in [5.74, 6) is 0.127. The number of para-hydroxylation sites is 1. The maximum Gasteiger partial charge on any atom is 0.229 e. The van der Waals surface area contributed by atoms with Crippen LogP contribution in [0.3, 0.4) is 0 Å². The Hall–Kier alpha value is -2.79. The van der Waals surface area contributed by atoms with Crippen LogP contribution >= 0.6 is 11.6 Å². The second-order valence-corrected chi connectivity index (χ2v) is 7.32. The Morgan fingerprint density at radius 1 is 1.22 bits per heavy atom. The van der Waals surface area contributed by atoms with E-state index in [4.69, 9.17) is 16.0 Å². The molecular weight excluding hydrogens is 364 g/mol. The van der Waals surface area contributed by atoms with Gasteiger partial charge in [0.15, 0.2) is 5.58 Å². The zero-order chi connectivity index (χ0) is 19.1. The minimum Gasteiger partial charge on any atom is -0.460 e. The van der Waals surface area contributed by atoms with Crippen molar-refractivity contribution in [2.24, 2.45) is 5.92 Å². The number of hydrogen-bond donors (Lipinski definition) is 1. The molecule has 2 heterocycles. The number of rotatable bonds is 3. The lowest BCUT2D eigenvalue weighted by atomic mass is 10.1. The Kier molecular flexibility index (Phi) is 4.40. The van der Waals surface area contributed by atoms with Crippen molar-refractivity contribution in [3.8, 4) is 0 Å². The van der Waals surface area contributed by atoms with Crippen LogP contribution in [0.25, 0.3) is 11.0 Å². The Labute approximate surface area is 161 Å². The van der Waals surface area contributed by atoms with Crippen molar-refractivity contribution < 1.29 is 14.0 Å². The molecule has 0 radical (unpaired) electrons. The van der Waals surface area contributed by atoms with E-state index in [0.29, 0.717) is 22.8 Å². The van der Waals surface area contributed by atoms with Gasteiger partial charge in [-0.15, -0.1) is 0 Å². The minimum absolute atomic E-state index is 0.0385. The van der Waals surface area contributed by atoms with Crippen LogP contribution in [0.1, 0.15) is 17.7 Å². The van der Waals surface area contributed by atoms with Crippen molar-refractivity contribution in [2.45, 2.75) is 20.3 Å². The summed E-state index contributed by atoms with van der Waals surface area (Å²) < 4.78 is 5.55. The predicted octanol–water partition coefficient (Wildman–Crippen LogP) is 4.69. The first-order valence-electron chi connectivity index (χ1n) is 8.79. The van der Waals surface area contributed by atoms with Gasteiger partial charge in [0.1, 0.15) is 5.76 Å². The fourth-order valence-electron chi connectivity index (χ4n) is 3.54. The topological polar surface area (TPSA) is 62.6 Å². The first-order chi connectivity index (χ1) is 12.9. The van der Waals surface area contributed by atoms with Gasteiger partial charge < -0.3 is 14.6 Å². The molecule has 3 aromatic rings. The Morgan fingerprint density at radius 3 is 2.78 bits per heavy atom. The van der Waals surface area contributed by atoms with E-state index in [2.05, 4.69) is 5.32 Å². The van der Waals surface area contributed by atoms with Gasteiger partial charge in [0.2, 0.25) is 11.8 Å². The van der Waals surface area contributed by atoms with Gasteiger partial charge in [-0.2, -0.15) is 0 Å². The highest BCUT2D eigenvalue weighted by Crippen LogP contribution is 2.32. The summed E-state index contributed by atoms with van der Waals surface area (Å²) in [5, 5.41) is 4.17. The molecule has 138 valence electrons. The van der Waals surface area contributed by atoms with E-state index in [-0.39, 0.29) is 18.2 Å². The number of carbonyl (C=O) groups is 2. The van der Waals surface area contributed by atoms with Crippen LogP contribution in [-0.2, 0) is 9.59 Å². The van der Waals surface area contributed by atoms with Gasteiger partial charge >= 0.3 is 0 Å². The van der Waals surface area contributed by atoms with Crippen LogP contribution < -0.4 is 10.2 Å². The van der Waals surface area contributed by atoms with Crippen molar-refractivity contribution in [2.75, 3.05) is 16.8 Å². The van der Waals surface area contributed by atoms with Crippen LogP contribution in [0.15, 0.2) is 46.9 Å². The van der Waals surface area contributed by atoms with Crippen molar-refractivity contribution in [3.63, 3.8) is 0 Å². The largest absolute Gasteiger partial charge is 0.460 e. The molecule has 1 N–H and O–H groups in total. The van der Waals surface area contributed by atoms with Crippen molar-refractivity contribution in [3.05, 3.63) is 58.8 Å². The molecule has 2 amide bonds. The summed E-state index contributed by atoms with van der Waals surface area (Å²) in [6.45, 7) is 4.18. The number of amides is 2. The van der Waals surface area contributed by atoms with Gasteiger partial charge in [-0.1, -0.05) is 29.8 Å². The number of halogens is 1. The Bertz CT molecular complexity index is 1060. The zero-order valence-corrected chi connectivity index (χ0v) is 15.8. The molecule has 5 nitrogen and oxygen atoms in total. The van der Waals surface area contributed by atoms with E-state index in [0.717, 1.165) is 22.4 Å². The highest BCUT2D eigenvalue weighted by Gasteiger charge is 2.35. The maximum absolute atomic E-state index is 12.7. The molecule has 27 heavy (non-hydrogen) atoms. The number of nitrogens with one attached hydrogen (secondary N) is 1. The van der Waals surface area contributed by atoms with Gasteiger partial charge in [-0.25, -0.2) is 0 Å². The summed E-state index contributed by atoms with van der Waals surface area (Å²) >= 11 is 6.26. The highest BCUT2D eigenvalue weighted by molar-refractivity contribution is 6.35. The van der Waals surface area contributed by atoms with E-state index in [1.807, 2.05) is 50.2 Å². The van der Waals surface area contributed by atoms with Gasteiger partial charge in [0.05, 0.1) is 10.9 Å². The van der Waals surface area contributed by atoms with Gasteiger partial charge in [0, 0.05) is 29.7 Å². The monoisotopic (exact) mass is 382 g/mol. The molecule has 0 saturated carbocycles. The van der Waals surface area contributed by atoms with Gasteiger partial charge in [-0.3, -0.25) is 9.59 Å². The number of hydrogen-bond acceptors (Lipinski definition) is 3. The first kappa shape index (κ1) is 17.6. The smallest absolute Gasteiger partial charge is 0.229 e. The average molecular weight is 383 g/mol. The summed E-state index contributed by atoms with van der Waals surface area (Å²) in [7, 11) is 0. The predicted molar refractivity (Wildman–Crippen MR) is 106 cm³/mol. The lowest BCUT2D eigenvalue weighted by molar-refractivity contribution is -0.122. The lowest BCUT2D eigenvalue weighted by Crippen LogP contribution is -2.28. The van der Waals surface area contributed by atoms with E-state index >= 15 is 0 Å². The number of carbonyl (C=O) groups excluding carboxylic acids is 2. The Morgan fingerprint density at radius 2 is 2.00 bits per heavy atom. The molecule has 1 aliphatic rings. The SMILES string of the molecule is Cc1cc2cc(NC(=O)[C@@H]3CC(=O)N(c4ccccc4C)C3)cc(Cl)c2o1. The summed E-state index contributed by atoms with van der Waals surface area (Å²) in [4.78, 5) is 26.8. The fraction of sp³-hybridized carbons (Fsp3) is 0.238. The quantitative estimate of drug-likeness (QED) is 0.714. The molecule has 1 aromatic heterocycles. The standard InChI is InChI=1S/C21H19ClN2O3/c1-12-5-3-4-6-18(12)24-11-15(9-19(24)25)21(26)23-16-8-14-7-13(2)27-20(14)17(22)10-16/h3-8,10,15H,9,11H2,1-2H3,(H,23,26)/t15-/m1/s1. The van der Waals surface area contributed by atoms with Crippen LogP contribution in [0, 0.1) is 19.8 Å². The molecule has 1 aliphatic heterocycles. The average Bonchev–Trinajstić information content (AvgIpc) is 3.18. The fourth-order valence-corrected chi connectivity index (χ4v) is 3.80. The normalized spacial score (nSPS) is 16.9. The molecule has 0 bridgehead atoms. The van der Waals surface area contributed by atoms with Gasteiger partial charge in [-0.05, 0) is 43.7 Å².